The first kappa shape index (κ1) is 24.9. The minimum atomic E-state index is -3.18. The lowest BCUT2D eigenvalue weighted by atomic mass is 10.1. The van der Waals surface area contributed by atoms with E-state index in [4.69, 9.17) is 32.4 Å². The van der Waals surface area contributed by atoms with Crippen LogP contribution in [0.1, 0.15) is 60.9 Å². The highest BCUT2D eigenvalue weighted by Crippen LogP contribution is 2.35. The quantitative estimate of drug-likeness (QED) is 0.391. The minimum Gasteiger partial charge on any atom is -0.490 e. The minimum absolute atomic E-state index is 0.0605. The SMILES string of the molecule is CCCCCCOc1c(Cl)cc(C(=O)N(Cc2ccc(C)o2)C2CCS(=O)(=O)C2)cc1Cl. The Morgan fingerprint density at radius 1 is 1.19 bits per heavy atom. The molecule has 176 valence electrons. The zero-order chi connectivity index (χ0) is 23.3. The third-order valence-electron chi connectivity index (χ3n) is 5.52. The molecular weight excluding hydrogens is 473 g/mol. The van der Waals surface area contributed by atoms with E-state index in [0.29, 0.717) is 24.5 Å². The third kappa shape index (κ3) is 6.42. The molecule has 1 amide bonds. The first-order valence-corrected chi connectivity index (χ1v) is 13.5. The summed E-state index contributed by atoms with van der Waals surface area (Å²) in [6.45, 7) is 4.62. The van der Waals surface area contributed by atoms with Crippen LogP contribution in [-0.2, 0) is 16.4 Å². The predicted molar refractivity (Wildman–Crippen MR) is 126 cm³/mol. The molecule has 6 nitrogen and oxygen atoms in total. The second-order valence-electron chi connectivity index (χ2n) is 8.18. The summed E-state index contributed by atoms with van der Waals surface area (Å²) in [4.78, 5) is 15.0. The maximum absolute atomic E-state index is 13.4. The van der Waals surface area contributed by atoms with Crippen LogP contribution in [0.5, 0.6) is 5.75 Å². The van der Waals surface area contributed by atoms with Gasteiger partial charge in [-0.25, -0.2) is 8.42 Å². The molecule has 1 fully saturated rings. The predicted octanol–water partition coefficient (Wildman–Crippen LogP) is 5.68. The first-order chi connectivity index (χ1) is 15.2. The van der Waals surface area contributed by atoms with Crippen molar-refractivity contribution in [1.82, 2.24) is 4.90 Å². The largest absolute Gasteiger partial charge is 0.490 e. The van der Waals surface area contributed by atoms with Crippen molar-refractivity contribution in [3.8, 4) is 5.75 Å². The van der Waals surface area contributed by atoms with E-state index in [1.54, 1.807) is 6.07 Å². The topological polar surface area (TPSA) is 76.8 Å². The van der Waals surface area contributed by atoms with Gasteiger partial charge in [0.05, 0.1) is 34.7 Å². The van der Waals surface area contributed by atoms with Gasteiger partial charge in [-0.2, -0.15) is 0 Å². The molecule has 0 radical (unpaired) electrons. The van der Waals surface area contributed by atoms with Crippen molar-refractivity contribution in [2.24, 2.45) is 0 Å². The lowest BCUT2D eigenvalue weighted by Crippen LogP contribution is -2.40. The maximum atomic E-state index is 13.4. The number of hydrogen-bond donors (Lipinski definition) is 0. The molecule has 32 heavy (non-hydrogen) atoms. The van der Waals surface area contributed by atoms with Crippen LogP contribution in [0.15, 0.2) is 28.7 Å². The molecule has 1 saturated heterocycles. The van der Waals surface area contributed by atoms with Gasteiger partial charge < -0.3 is 14.1 Å². The van der Waals surface area contributed by atoms with E-state index in [0.717, 1.165) is 31.4 Å². The molecule has 3 rings (SSSR count). The van der Waals surface area contributed by atoms with E-state index in [9.17, 15) is 13.2 Å². The van der Waals surface area contributed by atoms with E-state index >= 15 is 0 Å². The second-order valence-corrected chi connectivity index (χ2v) is 11.2. The number of nitrogens with zero attached hydrogens (tertiary/aromatic N) is 1. The molecule has 1 aliphatic rings. The molecule has 0 bridgehead atoms. The summed E-state index contributed by atoms with van der Waals surface area (Å²) in [5, 5.41) is 0.508. The van der Waals surface area contributed by atoms with Crippen molar-refractivity contribution in [3.63, 3.8) is 0 Å². The molecule has 2 heterocycles. The van der Waals surface area contributed by atoms with Crippen LogP contribution >= 0.6 is 23.2 Å². The molecule has 2 aromatic rings. The maximum Gasteiger partial charge on any atom is 0.254 e. The van der Waals surface area contributed by atoms with Crippen molar-refractivity contribution in [1.29, 1.82) is 0 Å². The van der Waals surface area contributed by atoms with Gasteiger partial charge in [0, 0.05) is 11.6 Å². The van der Waals surface area contributed by atoms with E-state index in [1.165, 1.54) is 17.0 Å². The van der Waals surface area contributed by atoms with Crippen molar-refractivity contribution in [2.45, 2.75) is 58.5 Å². The number of rotatable bonds is 10. The van der Waals surface area contributed by atoms with Crippen molar-refractivity contribution in [3.05, 3.63) is 51.4 Å². The summed E-state index contributed by atoms with van der Waals surface area (Å²) in [5.41, 5.74) is 0.283. The van der Waals surface area contributed by atoms with Gasteiger partial charge in [-0.15, -0.1) is 0 Å². The normalized spacial score (nSPS) is 17.4. The summed E-state index contributed by atoms with van der Waals surface area (Å²) < 4.78 is 35.5. The van der Waals surface area contributed by atoms with Gasteiger partial charge in [0.15, 0.2) is 15.6 Å². The Hall–Kier alpha value is -1.70. The number of unbranched alkanes of at least 4 members (excludes halogenated alkanes) is 3. The van der Waals surface area contributed by atoms with E-state index in [1.807, 2.05) is 13.0 Å². The molecule has 0 N–H and O–H groups in total. The molecule has 0 aliphatic carbocycles. The highest BCUT2D eigenvalue weighted by Gasteiger charge is 2.36. The van der Waals surface area contributed by atoms with E-state index in [2.05, 4.69) is 6.92 Å². The van der Waals surface area contributed by atoms with Crippen LogP contribution < -0.4 is 4.74 Å². The smallest absolute Gasteiger partial charge is 0.254 e. The van der Waals surface area contributed by atoms with Gasteiger partial charge in [0.25, 0.3) is 5.91 Å². The number of sulfone groups is 1. The monoisotopic (exact) mass is 501 g/mol. The van der Waals surface area contributed by atoms with Crippen LogP contribution in [0.3, 0.4) is 0 Å². The standard InChI is InChI=1S/C23H29Cl2NO5S/c1-3-4-5-6-10-30-22-20(24)12-17(13-21(22)25)23(27)26(14-19-8-7-16(2)31-19)18-9-11-32(28,29)15-18/h7-8,12-13,18H,3-6,9-11,14-15H2,1-2H3. The lowest BCUT2D eigenvalue weighted by Gasteiger charge is -2.28. The number of halogens is 2. The Labute approximate surface area is 199 Å². The number of furan rings is 1. The number of ether oxygens (including phenoxy) is 1. The van der Waals surface area contributed by atoms with Crippen LogP contribution in [0.25, 0.3) is 0 Å². The number of carbonyl (C=O) groups excluding carboxylic acids is 1. The Morgan fingerprint density at radius 3 is 2.47 bits per heavy atom. The third-order valence-corrected chi connectivity index (χ3v) is 7.83. The number of hydrogen-bond acceptors (Lipinski definition) is 5. The molecule has 0 spiro atoms. The summed E-state index contributed by atoms with van der Waals surface area (Å²) >= 11 is 12.8. The van der Waals surface area contributed by atoms with Crippen LogP contribution in [0.2, 0.25) is 10.0 Å². The highest BCUT2D eigenvalue weighted by atomic mass is 35.5. The van der Waals surface area contributed by atoms with Crippen LogP contribution in [0, 0.1) is 6.92 Å². The van der Waals surface area contributed by atoms with Crippen molar-refractivity contribution in [2.75, 3.05) is 18.1 Å². The first-order valence-electron chi connectivity index (χ1n) is 10.9. The van der Waals surface area contributed by atoms with Crippen molar-refractivity contribution < 1.29 is 22.4 Å². The molecule has 1 atom stereocenters. The average molecular weight is 502 g/mol. The fourth-order valence-electron chi connectivity index (χ4n) is 3.82. The molecule has 1 unspecified atom stereocenters. The fraction of sp³-hybridized carbons (Fsp3) is 0.522. The highest BCUT2D eigenvalue weighted by molar-refractivity contribution is 7.91. The van der Waals surface area contributed by atoms with Crippen molar-refractivity contribution >= 4 is 38.9 Å². The molecule has 1 aromatic carbocycles. The lowest BCUT2D eigenvalue weighted by molar-refractivity contribution is 0.0665. The average Bonchev–Trinajstić information content (AvgIpc) is 3.31. The molecule has 9 heteroatoms. The van der Waals surface area contributed by atoms with Crippen LogP contribution in [0.4, 0.5) is 0 Å². The van der Waals surface area contributed by atoms with Gasteiger partial charge in [0.2, 0.25) is 0 Å². The van der Waals surface area contributed by atoms with Gasteiger partial charge in [0.1, 0.15) is 11.5 Å². The Balaban J connectivity index is 1.80. The second kappa shape index (κ2) is 10.9. The molecular formula is C23H29Cl2NO5S. The van der Waals surface area contributed by atoms with E-state index in [-0.39, 0.29) is 39.6 Å². The fourth-order valence-corrected chi connectivity index (χ4v) is 6.14. The Morgan fingerprint density at radius 2 is 1.91 bits per heavy atom. The van der Waals surface area contributed by atoms with Gasteiger partial charge >= 0.3 is 0 Å². The molecule has 1 aliphatic heterocycles. The summed E-state index contributed by atoms with van der Waals surface area (Å²) in [6.07, 6.45) is 4.62. The number of benzene rings is 1. The van der Waals surface area contributed by atoms with Crippen LogP contribution in [-0.4, -0.2) is 43.4 Å². The van der Waals surface area contributed by atoms with E-state index < -0.39 is 15.9 Å². The zero-order valence-corrected chi connectivity index (χ0v) is 20.7. The van der Waals surface area contributed by atoms with Gasteiger partial charge in [-0.3, -0.25) is 4.79 Å². The number of aryl methyl sites for hydroxylation is 1. The summed E-state index contributed by atoms with van der Waals surface area (Å²) in [6, 6.07) is 6.21. The molecule has 0 saturated carbocycles. The Kier molecular flexibility index (Phi) is 8.53. The summed E-state index contributed by atoms with van der Waals surface area (Å²) in [7, 11) is -3.18. The molecule has 1 aromatic heterocycles. The number of amides is 1. The zero-order valence-electron chi connectivity index (χ0n) is 18.4. The Bertz CT molecular complexity index is 1030. The van der Waals surface area contributed by atoms with Gasteiger partial charge in [-0.05, 0) is 44.0 Å². The summed E-state index contributed by atoms with van der Waals surface area (Å²) in [5.74, 6) is 1.31. The number of carbonyl (C=O) groups is 1. The van der Waals surface area contributed by atoms with Gasteiger partial charge in [-0.1, -0.05) is 49.4 Å².